The maximum atomic E-state index is 12.6. The van der Waals surface area contributed by atoms with E-state index in [0.717, 1.165) is 49.7 Å². The number of aliphatic hydroxyl groups excluding tert-OH is 1. The summed E-state index contributed by atoms with van der Waals surface area (Å²) in [5.74, 6) is 0.519. The minimum atomic E-state index is -0.581. The first-order valence-electron chi connectivity index (χ1n) is 16.0. The summed E-state index contributed by atoms with van der Waals surface area (Å²) < 4.78 is 13.2. The molecule has 1 heterocycles. The number of ether oxygens (including phenoxy) is 2. The number of thioether (sulfide) groups is 1. The van der Waals surface area contributed by atoms with Gasteiger partial charge >= 0.3 is 0 Å². The highest BCUT2D eigenvalue weighted by atomic mass is 32.2. The first-order valence-corrected chi connectivity index (χ1v) is 17.0. The number of nitrogens with one attached hydrogen (secondary N) is 2. The van der Waals surface area contributed by atoms with Crippen molar-refractivity contribution < 1.29 is 24.2 Å². The van der Waals surface area contributed by atoms with Crippen LogP contribution in [0.1, 0.15) is 58.4 Å². The number of hydrogen-bond donors (Lipinski definition) is 3. The lowest BCUT2D eigenvalue weighted by atomic mass is 9.99. The quantitative estimate of drug-likeness (QED) is 0.124. The molecule has 0 aliphatic carbocycles. The van der Waals surface area contributed by atoms with Crippen LogP contribution in [-0.2, 0) is 27.4 Å². The first kappa shape index (κ1) is 33.2. The van der Waals surface area contributed by atoms with Crippen LogP contribution in [0, 0.1) is 0 Å². The summed E-state index contributed by atoms with van der Waals surface area (Å²) >= 11 is 1.71. The van der Waals surface area contributed by atoms with Crippen molar-refractivity contribution in [3.05, 3.63) is 155 Å². The molecule has 3 unspecified atom stereocenters. The molecule has 3 atom stereocenters. The van der Waals surface area contributed by atoms with Crippen molar-refractivity contribution in [2.24, 2.45) is 0 Å². The lowest BCUT2D eigenvalue weighted by Gasteiger charge is -2.36. The highest BCUT2D eigenvalue weighted by Gasteiger charge is 2.32. The maximum absolute atomic E-state index is 12.6. The van der Waals surface area contributed by atoms with E-state index in [4.69, 9.17) is 9.47 Å². The standard InChI is InChI=1S/C40H38N2O5S/c1-27(44)42-35-17-19-37(20-18-35)48-26-36-23-38(30-15-13-28(25-43)14-16-30)47-40(46-36)34-12-6-11-33(22-34)32-10-5-7-29(21-32)24-41-39(45)31-8-3-2-4-9-31/h2-22,36,38,40,43H,23-26H2,1H3,(H,41,45)(H,42,44). The van der Waals surface area contributed by atoms with Gasteiger partial charge in [0, 0.05) is 47.4 Å². The Morgan fingerprint density at radius 2 is 1.50 bits per heavy atom. The number of carbonyl (C=O) groups is 2. The fraction of sp³-hybridized carbons (Fsp3) is 0.200. The van der Waals surface area contributed by atoms with Gasteiger partial charge in [-0.3, -0.25) is 9.59 Å². The Morgan fingerprint density at radius 1 is 0.771 bits per heavy atom. The molecule has 0 radical (unpaired) electrons. The van der Waals surface area contributed by atoms with Gasteiger partial charge in [0.15, 0.2) is 6.29 Å². The molecule has 5 aromatic rings. The molecule has 1 fully saturated rings. The van der Waals surface area contributed by atoms with E-state index >= 15 is 0 Å². The van der Waals surface area contributed by atoms with E-state index in [1.54, 1.807) is 23.9 Å². The van der Waals surface area contributed by atoms with E-state index in [0.29, 0.717) is 18.5 Å². The van der Waals surface area contributed by atoms with Gasteiger partial charge < -0.3 is 25.2 Å². The second kappa shape index (κ2) is 15.9. The summed E-state index contributed by atoms with van der Waals surface area (Å²) in [5, 5.41) is 15.4. The van der Waals surface area contributed by atoms with Gasteiger partial charge in [-0.1, -0.05) is 78.9 Å². The molecule has 0 aromatic heterocycles. The zero-order valence-electron chi connectivity index (χ0n) is 26.7. The summed E-state index contributed by atoms with van der Waals surface area (Å²) in [7, 11) is 0. The van der Waals surface area contributed by atoms with E-state index in [2.05, 4.69) is 34.9 Å². The van der Waals surface area contributed by atoms with Crippen LogP contribution in [0.4, 0.5) is 5.69 Å². The van der Waals surface area contributed by atoms with Crippen LogP contribution in [0.25, 0.3) is 11.1 Å². The van der Waals surface area contributed by atoms with E-state index in [9.17, 15) is 14.7 Å². The number of amides is 2. The van der Waals surface area contributed by atoms with Crippen LogP contribution in [0.3, 0.4) is 0 Å². The number of carbonyl (C=O) groups excluding carboxylic acids is 2. The van der Waals surface area contributed by atoms with Gasteiger partial charge in [0.05, 0.1) is 18.8 Å². The van der Waals surface area contributed by atoms with Crippen LogP contribution in [0.5, 0.6) is 0 Å². The predicted octanol–water partition coefficient (Wildman–Crippen LogP) is 8.07. The van der Waals surface area contributed by atoms with Gasteiger partial charge in [-0.2, -0.15) is 0 Å². The zero-order chi connectivity index (χ0) is 33.3. The topological polar surface area (TPSA) is 96.9 Å². The van der Waals surface area contributed by atoms with Crippen LogP contribution in [0.2, 0.25) is 0 Å². The van der Waals surface area contributed by atoms with Crippen molar-refractivity contribution in [1.82, 2.24) is 5.32 Å². The second-order valence-corrected chi connectivity index (χ2v) is 12.8. The molecular weight excluding hydrogens is 621 g/mol. The van der Waals surface area contributed by atoms with Gasteiger partial charge in [-0.25, -0.2) is 0 Å². The van der Waals surface area contributed by atoms with Gasteiger partial charge in [0.2, 0.25) is 5.91 Å². The van der Waals surface area contributed by atoms with Crippen LogP contribution in [-0.4, -0.2) is 28.8 Å². The summed E-state index contributed by atoms with van der Waals surface area (Å²) in [5.41, 5.74) is 7.27. The molecule has 2 amide bonds. The van der Waals surface area contributed by atoms with Gasteiger partial charge in [-0.15, -0.1) is 11.8 Å². The van der Waals surface area contributed by atoms with Crippen molar-refractivity contribution in [1.29, 1.82) is 0 Å². The average Bonchev–Trinajstić information content (AvgIpc) is 3.14. The van der Waals surface area contributed by atoms with Gasteiger partial charge in [0.1, 0.15) is 0 Å². The van der Waals surface area contributed by atoms with Crippen LogP contribution >= 0.6 is 11.8 Å². The molecule has 48 heavy (non-hydrogen) atoms. The zero-order valence-corrected chi connectivity index (χ0v) is 27.5. The lowest BCUT2D eigenvalue weighted by molar-refractivity contribution is -0.245. The predicted molar refractivity (Wildman–Crippen MR) is 189 cm³/mol. The molecule has 8 heteroatoms. The fourth-order valence-electron chi connectivity index (χ4n) is 5.65. The molecule has 0 bridgehead atoms. The smallest absolute Gasteiger partial charge is 0.251 e. The molecular formula is C40H38N2O5S. The molecule has 1 aliphatic rings. The highest BCUT2D eigenvalue weighted by molar-refractivity contribution is 7.99. The minimum absolute atomic E-state index is 0.00901. The Balaban J connectivity index is 1.18. The van der Waals surface area contributed by atoms with Crippen molar-refractivity contribution in [2.45, 2.75) is 49.9 Å². The van der Waals surface area contributed by atoms with Crippen molar-refractivity contribution >= 4 is 29.3 Å². The van der Waals surface area contributed by atoms with Crippen LogP contribution in [0.15, 0.2) is 132 Å². The average molecular weight is 659 g/mol. The Labute approximate surface area is 285 Å². The molecule has 244 valence electrons. The van der Waals surface area contributed by atoms with E-state index in [1.165, 1.54) is 6.92 Å². The summed E-state index contributed by atoms with van der Waals surface area (Å²) in [6, 6.07) is 41.3. The number of rotatable bonds is 11. The summed E-state index contributed by atoms with van der Waals surface area (Å²) in [6.07, 6.45) is -0.180. The van der Waals surface area contributed by atoms with Crippen molar-refractivity contribution in [2.75, 3.05) is 11.1 Å². The summed E-state index contributed by atoms with van der Waals surface area (Å²) in [6.45, 7) is 1.91. The lowest BCUT2D eigenvalue weighted by Crippen LogP contribution is -2.31. The van der Waals surface area contributed by atoms with E-state index < -0.39 is 6.29 Å². The summed E-state index contributed by atoms with van der Waals surface area (Å²) in [4.78, 5) is 25.1. The Kier molecular flexibility index (Phi) is 11.0. The van der Waals surface area contributed by atoms with E-state index in [1.807, 2.05) is 91.0 Å². The third-order valence-electron chi connectivity index (χ3n) is 8.13. The Hall–Kier alpha value is -4.73. The maximum Gasteiger partial charge on any atom is 0.251 e. The molecule has 6 rings (SSSR count). The molecule has 1 aliphatic heterocycles. The molecule has 0 saturated carbocycles. The molecule has 0 spiro atoms. The largest absolute Gasteiger partial charge is 0.392 e. The fourth-order valence-corrected chi connectivity index (χ4v) is 6.57. The number of anilines is 1. The third-order valence-corrected chi connectivity index (χ3v) is 9.28. The monoisotopic (exact) mass is 658 g/mol. The molecule has 7 nitrogen and oxygen atoms in total. The highest BCUT2D eigenvalue weighted by Crippen LogP contribution is 2.40. The molecule has 3 N–H and O–H groups in total. The van der Waals surface area contributed by atoms with Crippen LogP contribution < -0.4 is 10.6 Å². The number of benzene rings is 5. The molecule has 5 aromatic carbocycles. The molecule has 1 saturated heterocycles. The first-order chi connectivity index (χ1) is 23.4. The number of hydrogen-bond acceptors (Lipinski definition) is 6. The van der Waals surface area contributed by atoms with Gasteiger partial charge in [-0.05, 0) is 76.3 Å². The van der Waals surface area contributed by atoms with Gasteiger partial charge in [0.25, 0.3) is 5.91 Å². The normalized spacial score (nSPS) is 17.4. The second-order valence-electron chi connectivity index (χ2n) is 11.7. The van der Waals surface area contributed by atoms with Crippen molar-refractivity contribution in [3.8, 4) is 11.1 Å². The Morgan fingerprint density at radius 3 is 2.23 bits per heavy atom. The number of aliphatic hydroxyl groups is 1. The van der Waals surface area contributed by atoms with Crippen molar-refractivity contribution in [3.63, 3.8) is 0 Å². The van der Waals surface area contributed by atoms with E-state index in [-0.39, 0.29) is 30.6 Å². The minimum Gasteiger partial charge on any atom is -0.392 e. The third kappa shape index (κ3) is 8.79. The SMILES string of the molecule is CC(=O)Nc1ccc(SCC2CC(c3ccc(CO)cc3)OC(c3cccc(-c4cccc(CNC(=O)c5ccccc5)c4)c3)O2)cc1. The Bertz CT molecular complexity index is 1830.